The minimum Gasteiger partial charge on any atom is -0.493 e. The van der Waals surface area contributed by atoms with Gasteiger partial charge in [-0.2, -0.15) is 5.10 Å². The van der Waals surface area contributed by atoms with Gasteiger partial charge in [0.1, 0.15) is 12.3 Å². The molecule has 11 nitrogen and oxygen atoms in total. The predicted molar refractivity (Wildman–Crippen MR) is 147 cm³/mol. The molecule has 12 heteroatoms. The molecule has 0 saturated carbocycles. The molecule has 1 aromatic heterocycles. The van der Waals surface area contributed by atoms with Crippen LogP contribution in [-0.2, 0) is 17.9 Å². The summed E-state index contributed by atoms with van der Waals surface area (Å²) in [7, 11) is 1.56. The standard InChI is InChI=1S/C28H25ClN6O5/c1-18(36)34-26(14-25(31-34)20-5-8-22(29)9-6-20)21-7-12-27(28(13-21)39-2)40-17-23-16-33(32-30-23)15-19-3-10-24(11-4-19)35(37)38/h3-13,16,26H,14-15,17H2,1-2H3. The highest BCUT2D eigenvalue weighted by atomic mass is 35.5. The van der Waals surface area contributed by atoms with Crippen LogP contribution in [-0.4, -0.2) is 43.7 Å². The highest BCUT2D eigenvalue weighted by molar-refractivity contribution is 6.30. The number of non-ortho nitro benzene ring substituents is 1. The Kier molecular flexibility index (Phi) is 7.74. The maximum absolute atomic E-state index is 12.4. The van der Waals surface area contributed by atoms with E-state index in [1.165, 1.54) is 24.1 Å². The summed E-state index contributed by atoms with van der Waals surface area (Å²) in [6.45, 7) is 2.06. The number of carbonyl (C=O) groups is 1. The van der Waals surface area contributed by atoms with Crippen LogP contribution in [0, 0.1) is 10.1 Å². The fourth-order valence-electron chi connectivity index (χ4n) is 4.43. The first-order valence-corrected chi connectivity index (χ1v) is 12.7. The second-order valence-corrected chi connectivity index (χ2v) is 9.60. The number of hydrogen-bond acceptors (Lipinski definition) is 8. The van der Waals surface area contributed by atoms with E-state index in [0.717, 1.165) is 22.4 Å². The van der Waals surface area contributed by atoms with Gasteiger partial charge in [0, 0.05) is 30.5 Å². The first-order valence-electron chi connectivity index (χ1n) is 12.4. The lowest BCUT2D eigenvalue weighted by atomic mass is 9.98. The molecule has 0 N–H and O–H groups in total. The van der Waals surface area contributed by atoms with E-state index < -0.39 is 4.92 Å². The van der Waals surface area contributed by atoms with Crippen LogP contribution in [0.15, 0.2) is 78.0 Å². The molecule has 40 heavy (non-hydrogen) atoms. The van der Waals surface area contributed by atoms with Crippen molar-refractivity contribution < 1.29 is 19.2 Å². The van der Waals surface area contributed by atoms with Crippen molar-refractivity contribution in [2.24, 2.45) is 5.10 Å². The molecule has 0 bridgehead atoms. The van der Waals surface area contributed by atoms with E-state index in [2.05, 4.69) is 15.4 Å². The number of benzene rings is 3. The van der Waals surface area contributed by atoms with E-state index in [0.29, 0.717) is 35.2 Å². The molecular weight excluding hydrogens is 536 g/mol. The van der Waals surface area contributed by atoms with Gasteiger partial charge in [0.05, 0.1) is 36.5 Å². The van der Waals surface area contributed by atoms with Gasteiger partial charge in [0.2, 0.25) is 5.91 Å². The summed E-state index contributed by atoms with van der Waals surface area (Å²) in [5.41, 5.74) is 4.07. The van der Waals surface area contributed by atoms with Crippen molar-refractivity contribution >= 4 is 28.9 Å². The Morgan fingerprint density at radius 2 is 1.85 bits per heavy atom. The van der Waals surface area contributed by atoms with Crippen LogP contribution >= 0.6 is 11.6 Å². The summed E-state index contributed by atoms with van der Waals surface area (Å²) < 4.78 is 13.2. The molecule has 0 aliphatic carbocycles. The molecule has 1 aliphatic heterocycles. The molecule has 1 atom stereocenters. The third-order valence-electron chi connectivity index (χ3n) is 6.44. The van der Waals surface area contributed by atoms with Crippen LogP contribution < -0.4 is 9.47 Å². The Labute approximate surface area is 234 Å². The summed E-state index contributed by atoms with van der Waals surface area (Å²) in [6, 6.07) is 18.9. The van der Waals surface area contributed by atoms with Gasteiger partial charge in [-0.25, -0.2) is 9.69 Å². The zero-order valence-corrected chi connectivity index (χ0v) is 22.5. The lowest BCUT2D eigenvalue weighted by molar-refractivity contribution is -0.384. The molecule has 2 heterocycles. The van der Waals surface area contributed by atoms with Crippen molar-refractivity contribution in [1.29, 1.82) is 0 Å². The normalized spacial score (nSPS) is 14.6. The first kappa shape index (κ1) is 26.8. The highest BCUT2D eigenvalue weighted by Gasteiger charge is 2.32. The Morgan fingerprint density at radius 1 is 1.10 bits per heavy atom. The monoisotopic (exact) mass is 560 g/mol. The quantitative estimate of drug-likeness (QED) is 0.204. The fourth-order valence-corrected chi connectivity index (χ4v) is 4.56. The first-order chi connectivity index (χ1) is 19.3. The van der Waals surface area contributed by atoms with Crippen LogP contribution in [0.5, 0.6) is 11.5 Å². The van der Waals surface area contributed by atoms with Gasteiger partial charge in [-0.1, -0.05) is 47.1 Å². The summed E-state index contributed by atoms with van der Waals surface area (Å²) in [6.07, 6.45) is 2.30. The molecular formula is C28H25ClN6O5. The highest BCUT2D eigenvalue weighted by Crippen LogP contribution is 2.37. The average molecular weight is 561 g/mol. The summed E-state index contributed by atoms with van der Waals surface area (Å²) in [4.78, 5) is 22.8. The van der Waals surface area contributed by atoms with Crippen molar-refractivity contribution in [3.05, 3.63) is 110 Å². The van der Waals surface area contributed by atoms with E-state index in [1.807, 2.05) is 24.3 Å². The number of amides is 1. The van der Waals surface area contributed by atoms with E-state index in [-0.39, 0.29) is 24.2 Å². The van der Waals surface area contributed by atoms with Gasteiger partial charge in [-0.15, -0.1) is 5.10 Å². The van der Waals surface area contributed by atoms with Gasteiger partial charge in [0.15, 0.2) is 11.5 Å². The number of aromatic nitrogens is 3. The maximum atomic E-state index is 12.4. The van der Waals surface area contributed by atoms with E-state index in [9.17, 15) is 14.9 Å². The number of ether oxygens (including phenoxy) is 2. The number of hydrazone groups is 1. The minimum atomic E-state index is -0.436. The average Bonchev–Trinajstić information content (AvgIpc) is 3.60. The van der Waals surface area contributed by atoms with Crippen LogP contribution in [0.4, 0.5) is 5.69 Å². The SMILES string of the molecule is COc1cc(C2CC(c3ccc(Cl)cc3)=NN2C(C)=O)ccc1OCc1cn(Cc2ccc([N+](=O)[O-])cc2)nn1. The van der Waals surface area contributed by atoms with E-state index in [1.54, 1.807) is 48.3 Å². The second kappa shape index (κ2) is 11.5. The molecule has 0 fully saturated rings. The molecule has 4 aromatic rings. The Balaban J connectivity index is 1.26. The van der Waals surface area contributed by atoms with Crippen LogP contribution in [0.1, 0.15) is 41.8 Å². The lowest BCUT2D eigenvalue weighted by Gasteiger charge is -2.21. The largest absolute Gasteiger partial charge is 0.493 e. The Morgan fingerprint density at radius 3 is 2.52 bits per heavy atom. The van der Waals surface area contributed by atoms with Crippen LogP contribution in [0.2, 0.25) is 5.02 Å². The number of nitrogens with zero attached hydrogens (tertiary/aromatic N) is 6. The van der Waals surface area contributed by atoms with Gasteiger partial charge in [-0.3, -0.25) is 14.9 Å². The number of rotatable bonds is 9. The number of nitro groups is 1. The molecule has 5 rings (SSSR count). The van der Waals surface area contributed by atoms with Gasteiger partial charge in [0.25, 0.3) is 5.69 Å². The third-order valence-corrected chi connectivity index (χ3v) is 6.69. The van der Waals surface area contributed by atoms with Gasteiger partial charge >= 0.3 is 0 Å². The van der Waals surface area contributed by atoms with Crippen molar-refractivity contribution in [3.63, 3.8) is 0 Å². The molecule has 1 unspecified atom stereocenters. The van der Waals surface area contributed by atoms with Crippen LogP contribution in [0.3, 0.4) is 0 Å². The minimum absolute atomic E-state index is 0.0350. The smallest absolute Gasteiger partial charge is 0.269 e. The number of hydrogen-bond donors (Lipinski definition) is 0. The number of halogens is 1. The number of nitro benzene ring substituents is 1. The van der Waals surface area contributed by atoms with E-state index in [4.69, 9.17) is 21.1 Å². The zero-order chi connectivity index (χ0) is 28.2. The Bertz CT molecular complexity index is 1570. The molecule has 1 aliphatic rings. The third kappa shape index (κ3) is 5.94. The van der Waals surface area contributed by atoms with Crippen molar-refractivity contribution in [2.75, 3.05) is 7.11 Å². The van der Waals surface area contributed by atoms with Crippen LogP contribution in [0.25, 0.3) is 0 Å². The maximum Gasteiger partial charge on any atom is 0.269 e. The second-order valence-electron chi connectivity index (χ2n) is 9.17. The molecule has 3 aromatic carbocycles. The lowest BCUT2D eigenvalue weighted by Crippen LogP contribution is -2.24. The summed E-state index contributed by atoms with van der Waals surface area (Å²) in [5, 5.41) is 25.8. The fraction of sp³-hybridized carbons (Fsp3) is 0.214. The molecule has 0 spiro atoms. The van der Waals surface area contributed by atoms with E-state index >= 15 is 0 Å². The van der Waals surface area contributed by atoms with Crippen molar-refractivity contribution in [2.45, 2.75) is 32.5 Å². The molecule has 0 saturated heterocycles. The Hall–Kier alpha value is -4.77. The van der Waals surface area contributed by atoms with Gasteiger partial charge in [-0.05, 0) is 41.0 Å². The molecule has 0 radical (unpaired) electrons. The van der Waals surface area contributed by atoms with Crippen molar-refractivity contribution in [1.82, 2.24) is 20.0 Å². The van der Waals surface area contributed by atoms with Gasteiger partial charge < -0.3 is 9.47 Å². The molecule has 204 valence electrons. The zero-order valence-electron chi connectivity index (χ0n) is 21.7. The topological polar surface area (TPSA) is 125 Å². The van der Waals surface area contributed by atoms with Crippen molar-refractivity contribution in [3.8, 4) is 11.5 Å². The number of carbonyl (C=O) groups excluding carboxylic acids is 1. The summed E-state index contributed by atoms with van der Waals surface area (Å²) >= 11 is 6.02. The number of methoxy groups -OCH3 is 1. The predicted octanol–water partition coefficient (Wildman–Crippen LogP) is 5.17. The summed E-state index contributed by atoms with van der Waals surface area (Å²) in [5.74, 6) is 0.867. The molecule has 1 amide bonds.